The van der Waals surface area contributed by atoms with E-state index in [-0.39, 0.29) is 4.90 Å². The molecule has 1 atom stereocenters. The number of carbonyl (C=O) groups is 2. The normalized spacial score (nSPS) is 20.8. The maximum Gasteiger partial charge on any atom is 0.243 e. The van der Waals surface area contributed by atoms with Crippen LogP contribution < -0.4 is 10.6 Å². The summed E-state index contributed by atoms with van der Waals surface area (Å²) in [6.07, 6.45) is 0. The quantitative estimate of drug-likeness (QED) is 0.723. The zero-order valence-electron chi connectivity index (χ0n) is 16.7. The lowest BCUT2D eigenvalue weighted by Gasteiger charge is -2.34. The van der Waals surface area contributed by atoms with Gasteiger partial charge >= 0.3 is 0 Å². The van der Waals surface area contributed by atoms with Crippen molar-refractivity contribution in [3.05, 3.63) is 54.1 Å². The third-order valence-electron chi connectivity index (χ3n) is 5.51. The Morgan fingerprint density at radius 2 is 1.53 bits per heavy atom. The topological polar surface area (TPSA) is 98.8 Å². The van der Waals surface area contributed by atoms with E-state index in [9.17, 15) is 18.0 Å². The highest BCUT2D eigenvalue weighted by atomic mass is 32.2. The Balaban J connectivity index is 1.48. The molecule has 0 saturated carbocycles. The zero-order valence-corrected chi connectivity index (χ0v) is 17.5. The van der Waals surface area contributed by atoms with Crippen LogP contribution in [0.5, 0.6) is 0 Å². The van der Waals surface area contributed by atoms with Gasteiger partial charge in [0, 0.05) is 32.7 Å². The molecular formula is C21H24N4O4S. The number of nitrogens with zero attached hydrogens (tertiary/aromatic N) is 2. The van der Waals surface area contributed by atoms with Crippen molar-refractivity contribution in [2.45, 2.75) is 18.4 Å². The molecule has 0 spiro atoms. The molecule has 0 aliphatic carbocycles. The van der Waals surface area contributed by atoms with Gasteiger partial charge in [-0.2, -0.15) is 4.31 Å². The second-order valence-electron chi connectivity index (χ2n) is 7.57. The van der Waals surface area contributed by atoms with Gasteiger partial charge in [-0.1, -0.05) is 30.3 Å². The van der Waals surface area contributed by atoms with Crippen LogP contribution >= 0.6 is 0 Å². The molecule has 4 rings (SSSR count). The highest BCUT2D eigenvalue weighted by molar-refractivity contribution is 7.89. The summed E-state index contributed by atoms with van der Waals surface area (Å²) in [7, 11) is -3.71. The molecule has 1 unspecified atom stereocenters. The molecule has 0 aromatic heterocycles. The smallest absolute Gasteiger partial charge is 0.243 e. The van der Waals surface area contributed by atoms with Crippen LogP contribution in [0, 0.1) is 5.92 Å². The van der Waals surface area contributed by atoms with Crippen LogP contribution in [0.25, 0.3) is 0 Å². The molecule has 2 aromatic carbocycles. The molecule has 1 fully saturated rings. The maximum absolute atomic E-state index is 13.1. The Labute approximate surface area is 175 Å². The molecular weight excluding hydrogens is 404 g/mol. The Kier molecular flexibility index (Phi) is 5.59. The Hall–Kier alpha value is -2.75. The van der Waals surface area contributed by atoms with Gasteiger partial charge in [0.2, 0.25) is 21.8 Å². The summed E-state index contributed by atoms with van der Waals surface area (Å²) in [5.74, 6) is -1.73. The van der Waals surface area contributed by atoms with E-state index in [1.807, 2.05) is 18.2 Å². The summed E-state index contributed by atoms with van der Waals surface area (Å²) in [6, 6.07) is 14.5. The third-order valence-corrected chi connectivity index (χ3v) is 7.41. The van der Waals surface area contributed by atoms with E-state index >= 15 is 0 Å². The van der Waals surface area contributed by atoms with Gasteiger partial charge in [0.15, 0.2) is 0 Å². The molecule has 2 amide bonds. The van der Waals surface area contributed by atoms with Gasteiger partial charge in [-0.3, -0.25) is 14.5 Å². The third kappa shape index (κ3) is 4.09. The Morgan fingerprint density at radius 1 is 0.900 bits per heavy atom. The van der Waals surface area contributed by atoms with Gasteiger partial charge in [0.25, 0.3) is 0 Å². The van der Waals surface area contributed by atoms with Crippen molar-refractivity contribution < 1.29 is 18.0 Å². The number of sulfonamides is 1. The molecule has 9 heteroatoms. The number of anilines is 2. The van der Waals surface area contributed by atoms with E-state index in [0.717, 1.165) is 6.54 Å². The predicted octanol–water partition coefficient (Wildman–Crippen LogP) is 1.72. The Morgan fingerprint density at radius 3 is 2.20 bits per heavy atom. The minimum absolute atomic E-state index is 0.0989. The average Bonchev–Trinajstić information content (AvgIpc) is 2.85. The summed E-state index contributed by atoms with van der Waals surface area (Å²) in [6.45, 7) is 4.37. The van der Waals surface area contributed by atoms with Crippen molar-refractivity contribution in [2.24, 2.45) is 5.92 Å². The fourth-order valence-corrected chi connectivity index (χ4v) is 5.06. The molecule has 2 aliphatic heterocycles. The predicted molar refractivity (Wildman–Crippen MR) is 113 cm³/mol. The summed E-state index contributed by atoms with van der Waals surface area (Å²) in [4.78, 5) is 26.4. The molecule has 2 heterocycles. The molecule has 0 bridgehead atoms. The van der Waals surface area contributed by atoms with Crippen LogP contribution in [-0.2, 0) is 26.2 Å². The van der Waals surface area contributed by atoms with Crippen LogP contribution in [0.4, 0.5) is 11.4 Å². The van der Waals surface area contributed by atoms with E-state index < -0.39 is 27.8 Å². The molecule has 2 aromatic rings. The second-order valence-corrected chi connectivity index (χ2v) is 9.51. The molecule has 8 nitrogen and oxygen atoms in total. The van der Waals surface area contributed by atoms with E-state index in [4.69, 9.17) is 0 Å². The van der Waals surface area contributed by atoms with Crippen molar-refractivity contribution in [1.29, 1.82) is 0 Å². The largest absolute Gasteiger partial charge is 0.324 e. The summed E-state index contributed by atoms with van der Waals surface area (Å²) < 4.78 is 27.8. The van der Waals surface area contributed by atoms with Crippen molar-refractivity contribution in [3.63, 3.8) is 0 Å². The standard InChI is InChI=1S/C21H24N4O4S/c1-15-20(26)22-18-8-7-17(13-19(18)23-21(15)27)30(28,29)25-11-9-24(10-12-25)14-16-5-3-2-4-6-16/h2-8,13,15H,9-12,14H2,1H3,(H,22,26)(H,23,27). The number of nitrogens with one attached hydrogen (secondary N) is 2. The first kappa shape index (κ1) is 20.5. The van der Waals surface area contributed by atoms with E-state index in [1.54, 1.807) is 0 Å². The molecule has 0 radical (unpaired) electrons. The van der Waals surface area contributed by atoms with Crippen LogP contribution in [0.15, 0.2) is 53.4 Å². The van der Waals surface area contributed by atoms with Crippen molar-refractivity contribution >= 4 is 33.2 Å². The number of hydrogen-bond donors (Lipinski definition) is 2. The van der Waals surface area contributed by atoms with Crippen LogP contribution in [0.1, 0.15) is 12.5 Å². The fourth-order valence-electron chi connectivity index (χ4n) is 3.62. The van der Waals surface area contributed by atoms with Gasteiger partial charge in [0.05, 0.1) is 16.3 Å². The van der Waals surface area contributed by atoms with Gasteiger partial charge in [0.1, 0.15) is 5.92 Å². The first-order valence-corrected chi connectivity index (χ1v) is 11.3. The lowest BCUT2D eigenvalue weighted by atomic mass is 10.1. The molecule has 30 heavy (non-hydrogen) atoms. The number of fused-ring (bicyclic) bond motifs is 1. The molecule has 2 N–H and O–H groups in total. The minimum Gasteiger partial charge on any atom is -0.324 e. The van der Waals surface area contributed by atoms with Gasteiger partial charge in [-0.15, -0.1) is 0 Å². The van der Waals surface area contributed by atoms with Crippen LogP contribution in [-0.4, -0.2) is 55.6 Å². The number of amides is 2. The lowest BCUT2D eigenvalue weighted by Crippen LogP contribution is -2.48. The highest BCUT2D eigenvalue weighted by Crippen LogP contribution is 2.30. The van der Waals surface area contributed by atoms with Gasteiger partial charge in [-0.25, -0.2) is 8.42 Å². The van der Waals surface area contributed by atoms with E-state index in [0.29, 0.717) is 37.6 Å². The first-order valence-electron chi connectivity index (χ1n) is 9.87. The average molecular weight is 429 g/mol. The summed E-state index contributed by atoms with van der Waals surface area (Å²) in [5, 5.41) is 5.29. The van der Waals surface area contributed by atoms with E-state index in [2.05, 4.69) is 27.7 Å². The zero-order chi connectivity index (χ0) is 21.3. The molecule has 1 saturated heterocycles. The fraction of sp³-hybridized carbons (Fsp3) is 0.333. The van der Waals surface area contributed by atoms with E-state index in [1.165, 1.54) is 35.0 Å². The van der Waals surface area contributed by atoms with Crippen LogP contribution in [0.2, 0.25) is 0 Å². The number of hydrogen-bond acceptors (Lipinski definition) is 5. The number of carbonyl (C=O) groups excluding carboxylic acids is 2. The molecule has 2 aliphatic rings. The highest BCUT2D eigenvalue weighted by Gasteiger charge is 2.31. The maximum atomic E-state index is 13.1. The number of benzene rings is 2. The molecule has 158 valence electrons. The number of rotatable bonds is 4. The van der Waals surface area contributed by atoms with Gasteiger partial charge in [-0.05, 0) is 30.7 Å². The monoisotopic (exact) mass is 428 g/mol. The first-order chi connectivity index (χ1) is 14.3. The lowest BCUT2D eigenvalue weighted by molar-refractivity contribution is -0.128. The van der Waals surface area contributed by atoms with Crippen molar-refractivity contribution in [1.82, 2.24) is 9.21 Å². The Bertz CT molecular complexity index is 1060. The SMILES string of the molecule is CC1C(=O)Nc2ccc(S(=O)(=O)N3CCN(Cc4ccccc4)CC3)cc2NC1=O. The van der Waals surface area contributed by atoms with Crippen molar-refractivity contribution in [3.8, 4) is 0 Å². The summed E-state index contributed by atoms with van der Waals surface area (Å²) in [5.41, 5.74) is 1.89. The second kappa shape index (κ2) is 8.17. The summed E-state index contributed by atoms with van der Waals surface area (Å²) >= 11 is 0. The minimum atomic E-state index is -3.71. The number of piperazine rings is 1. The van der Waals surface area contributed by atoms with Gasteiger partial charge < -0.3 is 10.6 Å². The van der Waals surface area contributed by atoms with Crippen LogP contribution in [0.3, 0.4) is 0 Å². The van der Waals surface area contributed by atoms with Crippen molar-refractivity contribution in [2.75, 3.05) is 36.8 Å².